The van der Waals surface area contributed by atoms with Crippen LogP contribution in [0.4, 0.5) is 5.88 Å². The summed E-state index contributed by atoms with van der Waals surface area (Å²) in [5.41, 5.74) is 8.99. The van der Waals surface area contributed by atoms with Crippen molar-refractivity contribution in [1.82, 2.24) is 5.16 Å². The molecule has 2 aromatic rings. The Labute approximate surface area is 127 Å². The largest absolute Gasteiger partial charge is 0.367 e. The minimum Gasteiger partial charge on any atom is -0.367 e. The second-order valence-electron chi connectivity index (χ2n) is 5.57. The number of nitrogens with zero attached hydrogens (tertiary/aromatic N) is 1. The van der Waals surface area contributed by atoms with Gasteiger partial charge < -0.3 is 10.3 Å². The number of nitrogens with two attached hydrogens (primary N) is 1. The zero-order valence-corrected chi connectivity index (χ0v) is 13.0. The molecule has 0 atom stereocenters. The zero-order valence-electron chi connectivity index (χ0n) is 11.4. The monoisotopic (exact) mass is 334 g/mol. The van der Waals surface area contributed by atoms with E-state index in [0.717, 1.165) is 33.6 Å². The molecule has 0 unspecified atom stereocenters. The normalized spacial score (nSPS) is 15.8. The molecule has 4 heteroatoms. The van der Waals surface area contributed by atoms with Gasteiger partial charge in [0.25, 0.3) is 0 Å². The maximum absolute atomic E-state index is 5.96. The van der Waals surface area contributed by atoms with Crippen molar-refractivity contribution in [1.29, 1.82) is 0 Å². The van der Waals surface area contributed by atoms with Crippen LogP contribution in [-0.4, -0.2) is 5.16 Å². The molecule has 1 heterocycles. The smallest absolute Gasteiger partial charge is 0.230 e. The molecule has 1 fully saturated rings. The van der Waals surface area contributed by atoms with Crippen LogP contribution >= 0.6 is 15.9 Å². The molecule has 1 saturated carbocycles. The van der Waals surface area contributed by atoms with Crippen LogP contribution in [-0.2, 0) is 6.42 Å². The summed E-state index contributed by atoms with van der Waals surface area (Å²) in [6.07, 6.45) is 7.62. The molecule has 3 rings (SSSR count). The van der Waals surface area contributed by atoms with Gasteiger partial charge in [-0.05, 0) is 36.5 Å². The van der Waals surface area contributed by atoms with Crippen LogP contribution in [0, 0.1) is 5.92 Å². The number of hydrogen-bond donors (Lipinski definition) is 1. The van der Waals surface area contributed by atoms with Crippen molar-refractivity contribution in [3.8, 4) is 11.1 Å². The summed E-state index contributed by atoms with van der Waals surface area (Å²) in [6.45, 7) is 0. The molecule has 1 aromatic heterocycles. The third-order valence-corrected chi connectivity index (χ3v) is 4.66. The predicted molar refractivity (Wildman–Crippen MR) is 84.3 cm³/mol. The van der Waals surface area contributed by atoms with E-state index in [1.807, 2.05) is 18.2 Å². The summed E-state index contributed by atoms with van der Waals surface area (Å²) in [5, 5.41) is 4.17. The standard InChI is InChI=1S/C16H19BrN2O/c17-13-7-3-6-12(10-13)15-14(19-20-16(15)18)9-8-11-4-1-2-5-11/h3,6-7,10-11H,1-2,4-5,8-9,18H2. The lowest BCUT2D eigenvalue weighted by Crippen LogP contribution is -1.98. The molecule has 0 spiro atoms. The van der Waals surface area contributed by atoms with E-state index in [1.54, 1.807) is 0 Å². The lowest BCUT2D eigenvalue weighted by atomic mass is 9.97. The van der Waals surface area contributed by atoms with Crippen LogP contribution in [0.2, 0.25) is 0 Å². The third kappa shape index (κ3) is 2.90. The van der Waals surface area contributed by atoms with E-state index in [0.29, 0.717) is 5.88 Å². The van der Waals surface area contributed by atoms with Crippen molar-refractivity contribution in [2.75, 3.05) is 5.73 Å². The van der Waals surface area contributed by atoms with Gasteiger partial charge in [-0.2, -0.15) is 0 Å². The highest BCUT2D eigenvalue weighted by Crippen LogP contribution is 2.34. The lowest BCUT2D eigenvalue weighted by Gasteiger charge is -2.08. The van der Waals surface area contributed by atoms with Gasteiger partial charge in [0.2, 0.25) is 5.88 Å². The van der Waals surface area contributed by atoms with Gasteiger partial charge in [-0.1, -0.05) is 58.9 Å². The number of aryl methyl sites for hydroxylation is 1. The van der Waals surface area contributed by atoms with Gasteiger partial charge in [0, 0.05) is 4.47 Å². The number of hydrogen-bond acceptors (Lipinski definition) is 3. The van der Waals surface area contributed by atoms with E-state index in [9.17, 15) is 0 Å². The van der Waals surface area contributed by atoms with Crippen LogP contribution in [0.25, 0.3) is 11.1 Å². The number of rotatable bonds is 4. The molecular weight excluding hydrogens is 316 g/mol. The van der Waals surface area contributed by atoms with Crippen molar-refractivity contribution in [2.45, 2.75) is 38.5 Å². The SMILES string of the molecule is Nc1onc(CCC2CCCC2)c1-c1cccc(Br)c1. The molecule has 0 aliphatic heterocycles. The van der Waals surface area contributed by atoms with Gasteiger partial charge in [0.1, 0.15) is 0 Å². The lowest BCUT2D eigenvalue weighted by molar-refractivity contribution is 0.419. The van der Waals surface area contributed by atoms with E-state index in [4.69, 9.17) is 10.3 Å². The summed E-state index contributed by atoms with van der Waals surface area (Å²) in [7, 11) is 0. The first-order valence-electron chi connectivity index (χ1n) is 7.24. The van der Waals surface area contributed by atoms with Crippen molar-refractivity contribution >= 4 is 21.8 Å². The number of benzene rings is 1. The molecule has 0 amide bonds. The van der Waals surface area contributed by atoms with E-state index in [-0.39, 0.29) is 0 Å². The first-order valence-corrected chi connectivity index (χ1v) is 8.03. The van der Waals surface area contributed by atoms with Gasteiger partial charge in [0.15, 0.2) is 0 Å². The highest BCUT2D eigenvalue weighted by molar-refractivity contribution is 9.10. The summed E-state index contributed by atoms with van der Waals surface area (Å²) in [4.78, 5) is 0. The highest BCUT2D eigenvalue weighted by Gasteiger charge is 2.19. The van der Waals surface area contributed by atoms with E-state index in [2.05, 4.69) is 27.2 Å². The van der Waals surface area contributed by atoms with Gasteiger partial charge in [-0.15, -0.1) is 0 Å². The second kappa shape index (κ2) is 6.00. The average molecular weight is 335 g/mol. The van der Waals surface area contributed by atoms with Crippen molar-refractivity contribution < 1.29 is 4.52 Å². The number of nitrogen functional groups attached to an aromatic ring is 1. The molecular formula is C16H19BrN2O. The molecule has 1 aliphatic rings. The fourth-order valence-electron chi connectivity index (χ4n) is 3.10. The van der Waals surface area contributed by atoms with Crippen LogP contribution in [0.1, 0.15) is 37.8 Å². The minimum atomic E-state index is 0.421. The van der Waals surface area contributed by atoms with Crippen molar-refractivity contribution in [3.05, 3.63) is 34.4 Å². The molecule has 0 saturated heterocycles. The van der Waals surface area contributed by atoms with Crippen molar-refractivity contribution in [3.63, 3.8) is 0 Å². The maximum Gasteiger partial charge on any atom is 0.230 e. The Morgan fingerprint density at radius 3 is 2.85 bits per heavy atom. The minimum absolute atomic E-state index is 0.421. The van der Waals surface area contributed by atoms with Crippen LogP contribution in [0.15, 0.2) is 33.3 Å². The number of anilines is 1. The predicted octanol–water partition coefficient (Wildman–Crippen LogP) is 4.81. The molecule has 0 radical (unpaired) electrons. The Hall–Kier alpha value is -1.29. The number of halogens is 1. The fourth-order valence-corrected chi connectivity index (χ4v) is 3.50. The molecule has 1 aromatic carbocycles. The quantitative estimate of drug-likeness (QED) is 0.872. The Morgan fingerprint density at radius 2 is 2.10 bits per heavy atom. The fraction of sp³-hybridized carbons (Fsp3) is 0.438. The first-order chi connectivity index (χ1) is 9.74. The highest BCUT2D eigenvalue weighted by atomic mass is 79.9. The topological polar surface area (TPSA) is 52.0 Å². The summed E-state index contributed by atoms with van der Waals surface area (Å²) in [6, 6.07) is 8.12. The van der Waals surface area contributed by atoms with Crippen LogP contribution in [0.5, 0.6) is 0 Å². The zero-order chi connectivity index (χ0) is 13.9. The Bertz CT molecular complexity index is 588. The van der Waals surface area contributed by atoms with E-state index in [1.165, 1.54) is 32.1 Å². The Morgan fingerprint density at radius 1 is 1.30 bits per heavy atom. The molecule has 2 N–H and O–H groups in total. The Kier molecular flexibility index (Phi) is 4.10. The molecule has 106 valence electrons. The maximum atomic E-state index is 5.96. The summed E-state index contributed by atoms with van der Waals surface area (Å²) in [5.74, 6) is 1.27. The third-order valence-electron chi connectivity index (χ3n) is 4.17. The van der Waals surface area contributed by atoms with Gasteiger partial charge in [0.05, 0.1) is 11.3 Å². The Balaban J connectivity index is 1.81. The molecule has 0 bridgehead atoms. The van der Waals surface area contributed by atoms with Gasteiger partial charge in [-0.25, -0.2) is 0 Å². The van der Waals surface area contributed by atoms with Gasteiger partial charge >= 0.3 is 0 Å². The van der Waals surface area contributed by atoms with E-state index < -0.39 is 0 Å². The van der Waals surface area contributed by atoms with Crippen molar-refractivity contribution in [2.24, 2.45) is 5.92 Å². The molecule has 1 aliphatic carbocycles. The van der Waals surface area contributed by atoms with Crippen LogP contribution < -0.4 is 5.73 Å². The number of aromatic nitrogens is 1. The second-order valence-corrected chi connectivity index (χ2v) is 6.48. The summed E-state index contributed by atoms with van der Waals surface area (Å²) >= 11 is 3.50. The van der Waals surface area contributed by atoms with Gasteiger partial charge in [-0.3, -0.25) is 0 Å². The van der Waals surface area contributed by atoms with E-state index >= 15 is 0 Å². The molecule has 20 heavy (non-hydrogen) atoms. The first kappa shape index (κ1) is 13.7. The van der Waals surface area contributed by atoms with Crippen LogP contribution in [0.3, 0.4) is 0 Å². The average Bonchev–Trinajstić information content (AvgIpc) is 3.06. The summed E-state index contributed by atoms with van der Waals surface area (Å²) < 4.78 is 6.26. The molecule has 3 nitrogen and oxygen atoms in total.